The average Bonchev–Trinajstić information content (AvgIpc) is 2.19. The van der Waals surface area contributed by atoms with E-state index in [0.29, 0.717) is 12.7 Å². The molecule has 0 aliphatic heterocycles. The van der Waals surface area contributed by atoms with Crippen molar-refractivity contribution in [1.29, 1.82) is 0 Å². The molecule has 1 aliphatic rings. The third-order valence-electron chi connectivity index (χ3n) is 3.09. The fraction of sp³-hybridized carbons (Fsp3) is 1.00. The summed E-state index contributed by atoms with van der Waals surface area (Å²) in [4.78, 5) is 0. The van der Waals surface area contributed by atoms with E-state index in [1.165, 1.54) is 19.3 Å². The molecule has 2 N–H and O–H groups in total. The van der Waals surface area contributed by atoms with Gasteiger partial charge in [0.05, 0.1) is 6.10 Å². The van der Waals surface area contributed by atoms with Crippen LogP contribution in [0.1, 0.15) is 38.5 Å². The van der Waals surface area contributed by atoms with Crippen LogP contribution < -0.4 is 5.32 Å². The smallest absolute Gasteiger partial charge is 0.0581 e. The van der Waals surface area contributed by atoms with Crippen LogP contribution >= 0.6 is 0 Å². The molecule has 0 bridgehead atoms. The highest BCUT2D eigenvalue weighted by Crippen LogP contribution is 2.29. The lowest BCUT2D eigenvalue weighted by molar-refractivity contribution is -0.0307. The first kappa shape index (κ1) is 12.9. The van der Waals surface area contributed by atoms with Crippen LogP contribution in [0.5, 0.6) is 0 Å². The van der Waals surface area contributed by atoms with Crippen molar-refractivity contribution >= 4 is 0 Å². The van der Waals surface area contributed by atoms with Gasteiger partial charge in [0.1, 0.15) is 0 Å². The molecule has 15 heavy (non-hydrogen) atoms. The van der Waals surface area contributed by atoms with Crippen molar-refractivity contribution in [1.82, 2.24) is 5.32 Å². The third-order valence-corrected chi connectivity index (χ3v) is 3.09. The molecule has 3 nitrogen and oxygen atoms in total. The molecule has 0 aromatic heterocycles. The van der Waals surface area contributed by atoms with Crippen LogP contribution in [0.15, 0.2) is 0 Å². The van der Waals surface area contributed by atoms with Crippen molar-refractivity contribution in [2.45, 2.75) is 44.6 Å². The number of aliphatic hydroxyl groups excluding tert-OH is 1. The number of hydrogen-bond donors (Lipinski definition) is 2. The van der Waals surface area contributed by atoms with Crippen LogP contribution in [0.3, 0.4) is 0 Å². The van der Waals surface area contributed by atoms with Gasteiger partial charge in [-0.15, -0.1) is 0 Å². The van der Waals surface area contributed by atoms with Crippen molar-refractivity contribution in [3.8, 4) is 0 Å². The first-order chi connectivity index (χ1) is 7.36. The minimum Gasteiger partial charge on any atom is -0.396 e. The predicted octanol–water partition coefficient (Wildman–Crippen LogP) is 1.55. The summed E-state index contributed by atoms with van der Waals surface area (Å²) in [5.41, 5.74) is 0. The van der Waals surface area contributed by atoms with Crippen LogP contribution in [0.4, 0.5) is 0 Å². The number of unbranched alkanes of at least 4 members (excludes halogenated alkanes) is 3. The highest BCUT2D eigenvalue weighted by Gasteiger charge is 2.28. The fourth-order valence-electron chi connectivity index (χ4n) is 2.08. The lowest BCUT2D eigenvalue weighted by atomic mass is 9.82. The van der Waals surface area contributed by atoms with Crippen molar-refractivity contribution in [3.05, 3.63) is 0 Å². The first-order valence-electron chi connectivity index (χ1n) is 6.24. The number of aliphatic hydroxyl groups is 1. The summed E-state index contributed by atoms with van der Waals surface area (Å²) in [6.07, 6.45) is 7.40. The SMILES string of the molecule is CNCC1CC(OCCCCCCO)C1. The molecular weight excluding hydrogens is 190 g/mol. The van der Waals surface area contributed by atoms with Gasteiger partial charge in [-0.1, -0.05) is 12.8 Å². The zero-order valence-electron chi connectivity index (χ0n) is 9.87. The molecule has 0 atom stereocenters. The van der Waals surface area contributed by atoms with Gasteiger partial charge in [-0.05, 0) is 45.2 Å². The normalized spacial score (nSPS) is 25.2. The van der Waals surface area contributed by atoms with E-state index in [1.807, 2.05) is 7.05 Å². The van der Waals surface area contributed by atoms with E-state index in [0.717, 1.165) is 38.3 Å². The molecule has 0 saturated heterocycles. The molecule has 0 aromatic rings. The summed E-state index contributed by atoms with van der Waals surface area (Å²) in [6.45, 7) is 2.37. The van der Waals surface area contributed by atoms with Gasteiger partial charge in [-0.25, -0.2) is 0 Å². The maximum absolute atomic E-state index is 8.60. The van der Waals surface area contributed by atoms with Crippen molar-refractivity contribution in [2.75, 3.05) is 26.8 Å². The van der Waals surface area contributed by atoms with Gasteiger partial charge in [0.15, 0.2) is 0 Å². The summed E-state index contributed by atoms with van der Waals surface area (Å²) in [6, 6.07) is 0. The van der Waals surface area contributed by atoms with Crippen LogP contribution in [0.25, 0.3) is 0 Å². The Bertz CT molecular complexity index is 147. The minimum absolute atomic E-state index is 0.329. The molecular formula is C12H25NO2. The molecule has 0 heterocycles. The van der Waals surface area contributed by atoms with Crippen LogP contribution in [0.2, 0.25) is 0 Å². The monoisotopic (exact) mass is 215 g/mol. The van der Waals surface area contributed by atoms with Gasteiger partial charge >= 0.3 is 0 Å². The van der Waals surface area contributed by atoms with Crippen LogP contribution in [0, 0.1) is 5.92 Å². The lowest BCUT2D eigenvalue weighted by Crippen LogP contribution is -2.37. The zero-order chi connectivity index (χ0) is 10.9. The quantitative estimate of drug-likeness (QED) is 0.573. The van der Waals surface area contributed by atoms with Crippen molar-refractivity contribution in [2.24, 2.45) is 5.92 Å². The third kappa shape index (κ3) is 5.50. The zero-order valence-corrected chi connectivity index (χ0v) is 9.87. The Kier molecular flexibility index (Phi) is 6.98. The number of hydrogen-bond acceptors (Lipinski definition) is 3. The summed E-state index contributed by atoms with van der Waals surface area (Å²) in [5, 5.41) is 11.8. The molecule has 0 unspecified atom stereocenters. The molecule has 3 heteroatoms. The molecule has 0 radical (unpaired) electrons. The van der Waals surface area contributed by atoms with Gasteiger partial charge in [0.25, 0.3) is 0 Å². The molecule has 1 saturated carbocycles. The van der Waals surface area contributed by atoms with E-state index in [9.17, 15) is 0 Å². The van der Waals surface area contributed by atoms with E-state index in [2.05, 4.69) is 5.32 Å². The van der Waals surface area contributed by atoms with Gasteiger partial charge in [-0.2, -0.15) is 0 Å². The van der Waals surface area contributed by atoms with Crippen LogP contribution in [-0.4, -0.2) is 38.0 Å². The number of nitrogens with one attached hydrogen (secondary N) is 1. The Labute approximate surface area is 93.2 Å². The second-order valence-corrected chi connectivity index (χ2v) is 4.53. The first-order valence-corrected chi connectivity index (χ1v) is 6.24. The van der Waals surface area contributed by atoms with Crippen LogP contribution in [-0.2, 0) is 4.74 Å². The fourth-order valence-corrected chi connectivity index (χ4v) is 2.08. The second kappa shape index (κ2) is 8.08. The summed E-state index contributed by atoms with van der Waals surface area (Å²) in [5.74, 6) is 0.842. The van der Waals surface area contributed by atoms with Gasteiger partial charge in [-0.3, -0.25) is 0 Å². The maximum Gasteiger partial charge on any atom is 0.0581 e. The summed E-state index contributed by atoms with van der Waals surface area (Å²) in [7, 11) is 2.01. The Morgan fingerprint density at radius 3 is 2.60 bits per heavy atom. The van der Waals surface area contributed by atoms with E-state index < -0.39 is 0 Å². The maximum atomic E-state index is 8.60. The van der Waals surface area contributed by atoms with E-state index in [1.54, 1.807) is 0 Å². The number of ether oxygens (including phenoxy) is 1. The highest BCUT2D eigenvalue weighted by atomic mass is 16.5. The Hall–Kier alpha value is -0.120. The molecule has 0 amide bonds. The van der Waals surface area contributed by atoms with E-state index in [-0.39, 0.29) is 0 Å². The van der Waals surface area contributed by atoms with Gasteiger partial charge < -0.3 is 15.2 Å². The lowest BCUT2D eigenvalue weighted by Gasteiger charge is -2.35. The summed E-state index contributed by atoms with van der Waals surface area (Å²) < 4.78 is 5.74. The van der Waals surface area contributed by atoms with Gasteiger partial charge in [0, 0.05) is 13.2 Å². The molecule has 0 spiro atoms. The topological polar surface area (TPSA) is 41.5 Å². The van der Waals surface area contributed by atoms with E-state index >= 15 is 0 Å². The minimum atomic E-state index is 0.329. The highest BCUT2D eigenvalue weighted by molar-refractivity contribution is 4.81. The second-order valence-electron chi connectivity index (χ2n) is 4.53. The van der Waals surface area contributed by atoms with Crippen molar-refractivity contribution < 1.29 is 9.84 Å². The standard InChI is InChI=1S/C12H25NO2/c1-13-10-11-8-12(9-11)15-7-5-3-2-4-6-14/h11-14H,2-10H2,1H3. The number of rotatable bonds is 9. The summed E-state index contributed by atoms with van der Waals surface area (Å²) >= 11 is 0. The molecule has 0 aromatic carbocycles. The largest absolute Gasteiger partial charge is 0.396 e. The van der Waals surface area contributed by atoms with Crippen molar-refractivity contribution in [3.63, 3.8) is 0 Å². The van der Waals surface area contributed by atoms with E-state index in [4.69, 9.17) is 9.84 Å². The predicted molar refractivity (Wildman–Crippen MR) is 61.9 cm³/mol. The molecule has 1 fully saturated rings. The Morgan fingerprint density at radius 1 is 1.20 bits per heavy atom. The Morgan fingerprint density at radius 2 is 1.93 bits per heavy atom. The molecule has 1 rings (SSSR count). The molecule has 90 valence electrons. The Balaban J connectivity index is 1.78. The molecule has 1 aliphatic carbocycles. The average molecular weight is 215 g/mol. The van der Waals surface area contributed by atoms with Gasteiger partial charge in [0.2, 0.25) is 0 Å².